The van der Waals surface area contributed by atoms with Crippen LogP contribution in [0.5, 0.6) is 11.5 Å². The number of aliphatic carboxylic acids is 1. The maximum absolute atomic E-state index is 12.0. The van der Waals surface area contributed by atoms with Gasteiger partial charge in [-0.15, -0.1) is 0 Å². The molecule has 0 saturated heterocycles. The van der Waals surface area contributed by atoms with Gasteiger partial charge in [0.1, 0.15) is 11.5 Å². The van der Waals surface area contributed by atoms with Gasteiger partial charge in [-0.05, 0) is 54.8 Å². The van der Waals surface area contributed by atoms with Crippen molar-refractivity contribution in [2.24, 2.45) is 0 Å². The topological polar surface area (TPSA) is 49.8 Å². The molecule has 1 N–H and O–H groups in total. The maximum atomic E-state index is 12.0. The minimum Gasteiger partial charge on any atom is -0.481 e. The third-order valence-electron chi connectivity index (χ3n) is 6.28. The van der Waals surface area contributed by atoms with Crippen molar-refractivity contribution in [3.63, 3.8) is 0 Å². The molecule has 2 atom stereocenters. The van der Waals surface area contributed by atoms with E-state index < -0.39 is 5.97 Å². The molecule has 4 aromatic rings. The first-order valence-corrected chi connectivity index (χ1v) is 11.9. The van der Waals surface area contributed by atoms with Crippen molar-refractivity contribution in [2.75, 3.05) is 0 Å². The number of hydrogen-bond acceptors (Lipinski definition) is 3. The third-order valence-corrected chi connectivity index (χ3v) is 6.28. The van der Waals surface area contributed by atoms with Crippen LogP contribution in [0.3, 0.4) is 0 Å². The average molecular weight is 466 g/mol. The lowest BCUT2D eigenvalue weighted by Gasteiger charge is -2.36. The quantitative estimate of drug-likeness (QED) is 0.262. The van der Waals surface area contributed by atoms with Crippen LogP contribution in [0.15, 0.2) is 109 Å². The predicted octanol–water partition coefficient (Wildman–Crippen LogP) is 7.57. The van der Waals surface area contributed by atoms with Gasteiger partial charge in [-0.2, -0.15) is 0 Å². The SMILES string of the molecule is Cc1ccc(Oc2ccc(C(CC(=O)O)N(Cc3ccccc3)C(C)c3ccccc3)cc2)cc1. The van der Waals surface area contributed by atoms with Gasteiger partial charge in [0.2, 0.25) is 0 Å². The zero-order valence-corrected chi connectivity index (χ0v) is 20.2. The minimum atomic E-state index is -0.826. The Morgan fingerprint density at radius 1 is 0.771 bits per heavy atom. The fourth-order valence-corrected chi connectivity index (χ4v) is 4.33. The molecule has 0 amide bonds. The van der Waals surface area contributed by atoms with E-state index >= 15 is 0 Å². The molecule has 0 heterocycles. The second kappa shape index (κ2) is 11.5. The van der Waals surface area contributed by atoms with E-state index in [2.05, 4.69) is 36.1 Å². The Balaban J connectivity index is 1.65. The second-order valence-corrected chi connectivity index (χ2v) is 8.84. The number of ether oxygens (including phenoxy) is 1. The molecule has 4 heteroatoms. The van der Waals surface area contributed by atoms with Gasteiger partial charge < -0.3 is 9.84 Å². The smallest absolute Gasteiger partial charge is 0.305 e. The van der Waals surface area contributed by atoms with Crippen LogP contribution >= 0.6 is 0 Å². The van der Waals surface area contributed by atoms with E-state index in [1.54, 1.807) is 0 Å². The Kier molecular flexibility index (Phi) is 7.96. The standard InChI is InChI=1S/C31H31NO3/c1-23-13-17-28(18-14-23)35-29-19-15-27(16-20-29)30(21-31(33)34)32(22-25-9-5-3-6-10-25)24(2)26-11-7-4-8-12-26/h3-20,24,30H,21-22H2,1-2H3,(H,33,34). The van der Waals surface area contributed by atoms with Crippen molar-refractivity contribution in [1.82, 2.24) is 4.90 Å². The van der Waals surface area contributed by atoms with E-state index in [0.29, 0.717) is 6.54 Å². The predicted molar refractivity (Wildman–Crippen MR) is 140 cm³/mol. The second-order valence-electron chi connectivity index (χ2n) is 8.84. The van der Waals surface area contributed by atoms with Crippen LogP contribution in [0.2, 0.25) is 0 Å². The maximum Gasteiger partial charge on any atom is 0.305 e. The molecule has 0 aromatic heterocycles. The fourth-order valence-electron chi connectivity index (χ4n) is 4.33. The Morgan fingerprint density at radius 3 is 1.89 bits per heavy atom. The van der Waals surface area contributed by atoms with E-state index in [-0.39, 0.29) is 18.5 Å². The third kappa shape index (κ3) is 6.58. The number of rotatable bonds is 10. The molecule has 0 saturated carbocycles. The van der Waals surface area contributed by atoms with Gasteiger partial charge in [-0.25, -0.2) is 0 Å². The number of carboxylic acid groups (broad SMARTS) is 1. The van der Waals surface area contributed by atoms with Crippen molar-refractivity contribution in [1.29, 1.82) is 0 Å². The number of nitrogens with zero attached hydrogens (tertiary/aromatic N) is 1. The highest BCUT2D eigenvalue weighted by molar-refractivity contribution is 5.68. The minimum absolute atomic E-state index is 0.00216. The Labute approximate surface area is 207 Å². The van der Waals surface area contributed by atoms with Crippen molar-refractivity contribution >= 4 is 5.97 Å². The van der Waals surface area contributed by atoms with Gasteiger partial charge in [0.05, 0.1) is 6.42 Å². The highest BCUT2D eigenvalue weighted by atomic mass is 16.5. The van der Waals surface area contributed by atoms with E-state index in [1.165, 1.54) is 5.56 Å². The van der Waals surface area contributed by atoms with Crippen LogP contribution in [0.25, 0.3) is 0 Å². The molecular weight excluding hydrogens is 434 g/mol. The molecule has 0 aliphatic rings. The Morgan fingerprint density at radius 2 is 1.31 bits per heavy atom. The first-order chi connectivity index (χ1) is 17.0. The van der Waals surface area contributed by atoms with E-state index in [4.69, 9.17) is 4.74 Å². The van der Waals surface area contributed by atoms with Crippen LogP contribution in [-0.4, -0.2) is 16.0 Å². The van der Waals surface area contributed by atoms with Gasteiger partial charge in [0.25, 0.3) is 0 Å². The Bertz CT molecular complexity index is 1210. The summed E-state index contributed by atoms with van der Waals surface area (Å²) in [7, 11) is 0. The zero-order valence-electron chi connectivity index (χ0n) is 20.2. The van der Waals surface area contributed by atoms with Crippen LogP contribution in [0, 0.1) is 6.92 Å². The van der Waals surface area contributed by atoms with Gasteiger partial charge in [-0.3, -0.25) is 9.69 Å². The van der Waals surface area contributed by atoms with Crippen molar-refractivity contribution in [3.8, 4) is 11.5 Å². The Hall–Kier alpha value is -3.89. The summed E-state index contributed by atoms with van der Waals surface area (Å²) in [5, 5.41) is 9.83. The summed E-state index contributed by atoms with van der Waals surface area (Å²) < 4.78 is 5.99. The lowest BCUT2D eigenvalue weighted by molar-refractivity contribution is -0.138. The summed E-state index contributed by atoms with van der Waals surface area (Å²) in [6.07, 6.45) is 0.00216. The molecule has 0 bridgehead atoms. The normalized spacial score (nSPS) is 12.8. The lowest BCUT2D eigenvalue weighted by Crippen LogP contribution is -2.32. The number of carbonyl (C=O) groups is 1. The molecule has 4 nitrogen and oxygen atoms in total. The largest absolute Gasteiger partial charge is 0.481 e. The fraction of sp³-hybridized carbons (Fsp3) is 0.194. The molecule has 35 heavy (non-hydrogen) atoms. The number of benzene rings is 4. The number of aryl methyl sites for hydroxylation is 1. The van der Waals surface area contributed by atoms with Gasteiger partial charge in [0, 0.05) is 18.6 Å². The summed E-state index contributed by atoms with van der Waals surface area (Å²) >= 11 is 0. The summed E-state index contributed by atoms with van der Waals surface area (Å²) in [5.74, 6) is 0.666. The van der Waals surface area contributed by atoms with Crippen LogP contribution in [0.4, 0.5) is 0 Å². The molecule has 0 radical (unpaired) electrons. The molecule has 0 aliphatic carbocycles. The first kappa shape index (κ1) is 24.2. The molecule has 0 spiro atoms. The number of hydrogen-bond donors (Lipinski definition) is 1. The average Bonchev–Trinajstić information content (AvgIpc) is 2.88. The van der Waals surface area contributed by atoms with Gasteiger partial charge in [-0.1, -0.05) is 90.5 Å². The number of carboxylic acids is 1. The lowest BCUT2D eigenvalue weighted by atomic mass is 9.96. The summed E-state index contributed by atoms with van der Waals surface area (Å²) in [6, 6.07) is 35.8. The van der Waals surface area contributed by atoms with E-state index in [0.717, 1.165) is 28.2 Å². The molecule has 4 aromatic carbocycles. The monoisotopic (exact) mass is 465 g/mol. The molecule has 0 fully saturated rings. The summed E-state index contributed by atoms with van der Waals surface area (Å²) in [4.78, 5) is 14.3. The van der Waals surface area contributed by atoms with Crippen LogP contribution in [-0.2, 0) is 11.3 Å². The highest BCUT2D eigenvalue weighted by Crippen LogP contribution is 2.35. The molecule has 0 aliphatic heterocycles. The summed E-state index contributed by atoms with van der Waals surface area (Å²) in [5.41, 5.74) is 4.42. The zero-order chi connectivity index (χ0) is 24.6. The first-order valence-electron chi connectivity index (χ1n) is 11.9. The van der Waals surface area contributed by atoms with Crippen LogP contribution < -0.4 is 4.74 Å². The molecular formula is C31H31NO3. The molecule has 2 unspecified atom stereocenters. The molecule has 4 rings (SSSR count). The van der Waals surface area contributed by atoms with Crippen molar-refractivity contribution in [3.05, 3.63) is 131 Å². The van der Waals surface area contributed by atoms with E-state index in [9.17, 15) is 9.90 Å². The molecule has 178 valence electrons. The van der Waals surface area contributed by atoms with Crippen LogP contribution in [0.1, 0.15) is 47.7 Å². The summed E-state index contributed by atoms with van der Waals surface area (Å²) in [6.45, 7) is 4.82. The van der Waals surface area contributed by atoms with Gasteiger partial charge >= 0.3 is 5.97 Å². The van der Waals surface area contributed by atoms with Crippen molar-refractivity contribution in [2.45, 2.75) is 38.9 Å². The van der Waals surface area contributed by atoms with E-state index in [1.807, 2.05) is 91.9 Å². The van der Waals surface area contributed by atoms with Crippen molar-refractivity contribution < 1.29 is 14.6 Å². The highest BCUT2D eigenvalue weighted by Gasteiger charge is 2.28. The van der Waals surface area contributed by atoms with Gasteiger partial charge in [0.15, 0.2) is 0 Å².